The van der Waals surface area contributed by atoms with Crippen LogP contribution in [0.25, 0.3) is 5.70 Å². The van der Waals surface area contributed by atoms with E-state index in [0.717, 1.165) is 24.2 Å². The van der Waals surface area contributed by atoms with Crippen molar-refractivity contribution in [2.24, 2.45) is 0 Å². The lowest BCUT2D eigenvalue weighted by Gasteiger charge is -2.22. The van der Waals surface area contributed by atoms with Gasteiger partial charge in [0.2, 0.25) is 0 Å². The maximum Gasteiger partial charge on any atom is 0.310 e. The average molecular weight is 265 g/mol. The topological polar surface area (TPSA) is 67.6 Å². The molecule has 104 valence electrons. The Bertz CT molecular complexity index is 474. The molecule has 1 aromatic carbocycles. The number of nitrogens with one attached hydrogen (secondary N) is 1. The number of nitro benzene ring substituents is 1. The lowest BCUT2D eigenvalue weighted by molar-refractivity contribution is -0.385. The Kier molecular flexibility index (Phi) is 5.32. The Morgan fingerprint density at radius 3 is 2.79 bits per heavy atom. The van der Waals surface area contributed by atoms with Gasteiger partial charge in [-0.1, -0.05) is 13.5 Å². The second-order valence-electron chi connectivity index (χ2n) is 4.06. The van der Waals surface area contributed by atoms with Crippen LogP contribution in [0.2, 0.25) is 0 Å². The molecule has 19 heavy (non-hydrogen) atoms. The molecule has 0 unspecified atom stereocenters. The zero-order valence-corrected chi connectivity index (χ0v) is 11.5. The van der Waals surface area contributed by atoms with Crippen molar-refractivity contribution in [2.75, 3.05) is 20.7 Å². The van der Waals surface area contributed by atoms with Crippen LogP contribution in [0.4, 0.5) is 5.69 Å². The van der Waals surface area contributed by atoms with Crippen LogP contribution in [-0.2, 0) is 0 Å². The van der Waals surface area contributed by atoms with Crippen molar-refractivity contribution < 1.29 is 9.66 Å². The van der Waals surface area contributed by atoms with Crippen LogP contribution in [0, 0.1) is 10.1 Å². The normalized spacial score (nSPS) is 10.1. The van der Waals surface area contributed by atoms with Crippen LogP contribution in [0.1, 0.15) is 18.9 Å². The first-order chi connectivity index (χ1) is 9.01. The number of hydrazine groups is 1. The Labute approximate surface area is 112 Å². The zero-order valence-electron chi connectivity index (χ0n) is 11.5. The largest absolute Gasteiger partial charge is 0.490 e. The molecule has 0 atom stereocenters. The minimum Gasteiger partial charge on any atom is -0.490 e. The van der Waals surface area contributed by atoms with Crippen LogP contribution in [-0.4, -0.2) is 30.6 Å². The van der Waals surface area contributed by atoms with Gasteiger partial charge in [0, 0.05) is 25.2 Å². The van der Waals surface area contributed by atoms with E-state index in [9.17, 15) is 10.1 Å². The molecule has 1 N–H and O–H groups in total. The first-order valence-electron chi connectivity index (χ1n) is 6.00. The van der Waals surface area contributed by atoms with Crippen LogP contribution in [0.5, 0.6) is 5.75 Å². The summed E-state index contributed by atoms with van der Waals surface area (Å²) < 4.78 is 5.04. The fraction of sp³-hybridized carbons (Fsp3) is 0.385. The van der Waals surface area contributed by atoms with E-state index < -0.39 is 4.92 Å². The van der Waals surface area contributed by atoms with Gasteiger partial charge in [0.15, 0.2) is 5.75 Å². The van der Waals surface area contributed by atoms with E-state index in [1.807, 2.05) is 7.05 Å². The summed E-state index contributed by atoms with van der Waals surface area (Å²) in [5, 5.41) is 12.6. The minimum atomic E-state index is -0.468. The highest BCUT2D eigenvalue weighted by Gasteiger charge is 2.16. The monoisotopic (exact) mass is 265 g/mol. The Morgan fingerprint density at radius 2 is 2.26 bits per heavy atom. The van der Waals surface area contributed by atoms with E-state index in [2.05, 4.69) is 18.9 Å². The quantitative estimate of drug-likeness (QED) is 0.605. The number of rotatable bonds is 7. The molecule has 0 bridgehead atoms. The number of benzene rings is 1. The Morgan fingerprint density at radius 1 is 1.58 bits per heavy atom. The number of nitro groups is 1. The highest BCUT2D eigenvalue weighted by Crippen LogP contribution is 2.30. The molecule has 1 rings (SSSR count). The molecule has 1 aromatic rings. The standard InChI is InChI=1S/C13H19N3O3/c1-5-8-14-15(3)10(2)11-6-7-12(16(17)18)13(9-11)19-4/h6-7,9,14H,2,5,8H2,1,3-4H3. The van der Waals surface area contributed by atoms with Gasteiger partial charge >= 0.3 is 5.69 Å². The van der Waals surface area contributed by atoms with E-state index in [1.165, 1.54) is 13.2 Å². The van der Waals surface area contributed by atoms with Gasteiger partial charge in [-0.05, 0) is 18.6 Å². The van der Waals surface area contributed by atoms with E-state index in [-0.39, 0.29) is 11.4 Å². The van der Waals surface area contributed by atoms with Crippen molar-refractivity contribution in [3.05, 3.63) is 40.5 Å². The van der Waals surface area contributed by atoms with Crippen molar-refractivity contribution >= 4 is 11.4 Å². The van der Waals surface area contributed by atoms with Crippen molar-refractivity contribution in [3.63, 3.8) is 0 Å². The molecule has 0 amide bonds. The molecular formula is C13H19N3O3. The fourth-order valence-corrected chi connectivity index (χ4v) is 1.58. The summed E-state index contributed by atoms with van der Waals surface area (Å²) in [6.45, 7) is 6.87. The van der Waals surface area contributed by atoms with Gasteiger partial charge in [0.1, 0.15) is 0 Å². The molecule has 0 aliphatic heterocycles. The molecule has 0 saturated heterocycles. The van der Waals surface area contributed by atoms with E-state index in [0.29, 0.717) is 0 Å². The van der Waals surface area contributed by atoms with Crippen molar-refractivity contribution in [3.8, 4) is 5.75 Å². The number of hydrogen-bond donors (Lipinski definition) is 1. The molecule has 0 fully saturated rings. The fourth-order valence-electron chi connectivity index (χ4n) is 1.58. The highest BCUT2D eigenvalue weighted by atomic mass is 16.6. The van der Waals surface area contributed by atoms with Gasteiger partial charge in [0.05, 0.1) is 17.7 Å². The smallest absolute Gasteiger partial charge is 0.310 e. The van der Waals surface area contributed by atoms with Crippen LogP contribution in [0.15, 0.2) is 24.8 Å². The van der Waals surface area contributed by atoms with Crippen molar-refractivity contribution in [1.29, 1.82) is 0 Å². The maximum atomic E-state index is 10.8. The van der Waals surface area contributed by atoms with Gasteiger partial charge in [-0.15, -0.1) is 0 Å². The lowest BCUT2D eigenvalue weighted by atomic mass is 10.1. The summed E-state index contributed by atoms with van der Waals surface area (Å²) in [7, 11) is 3.26. The average Bonchev–Trinajstić information content (AvgIpc) is 2.42. The van der Waals surface area contributed by atoms with Crippen LogP contribution in [0.3, 0.4) is 0 Å². The molecular weight excluding hydrogens is 246 g/mol. The molecule has 0 aliphatic rings. The maximum absolute atomic E-state index is 10.8. The van der Waals surface area contributed by atoms with Gasteiger partial charge in [-0.3, -0.25) is 10.1 Å². The second-order valence-corrected chi connectivity index (χ2v) is 4.06. The van der Waals surface area contributed by atoms with Crippen molar-refractivity contribution in [2.45, 2.75) is 13.3 Å². The molecule has 6 nitrogen and oxygen atoms in total. The van der Waals surface area contributed by atoms with E-state index >= 15 is 0 Å². The van der Waals surface area contributed by atoms with Gasteiger partial charge in [-0.25, -0.2) is 5.43 Å². The first-order valence-corrected chi connectivity index (χ1v) is 6.00. The molecule has 0 saturated carbocycles. The molecule has 6 heteroatoms. The van der Waals surface area contributed by atoms with Gasteiger partial charge < -0.3 is 9.75 Å². The Hall–Kier alpha value is -2.08. The predicted molar refractivity (Wildman–Crippen MR) is 74.7 cm³/mol. The molecule has 0 spiro atoms. The summed E-state index contributed by atoms with van der Waals surface area (Å²) in [6.07, 6.45) is 1.00. The number of nitrogens with zero attached hydrogens (tertiary/aromatic N) is 2. The van der Waals surface area contributed by atoms with Crippen LogP contribution >= 0.6 is 0 Å². The second kappa shape index (κ2) is 6.75. The van der Waals surface area contributed by atoms with E-state index in [1.54, 1.807) is 17.1 Å². The SMILES string of the molecule is C=C(c1ccc([N+](=O)[O-])c(OC)c1)N(C)NCCC. The highest BCUT2D eigenvalue weighted by molar-refractivity contribution is 5.65. The minimum absolute atomic E-state index is 0.0526. The third-order valence-electron chi connectivity index (χ3n) is 2.71. The number of ether oxygens (including phenoxy) is 1. The summed E-state index contributed by atoms with van der Waals surface area (Å²) in [4.78, 5) is 10.3. The van der Waals surface area contributed by atoms with E-state index in [4.69, 9.17) is 4.74 Å². The zero-order chi connectivity index (χ0) is 14.4. The van der Waals surface area contributed by atoms with Gasteiger partial charge in [0.25, 0.3) is 0 Å². The van der Waals surface area contributed by atoms with Gasteiger partial charge in [-0.2, -0.15) is 0 Å². The lowest BCUT2D eigenvalue weighted by Crippen LogP contribution is -2.33. The molecule has 0 heterocycles. The Balaban J connectivity index is 2.95. The molecule has 0 aliphatic carbocycles. The first kappa shape index (κ1) is 15.0. The summed E-state index contributed by atoms with van der Waals surface area (Å²) >= 11 is 0. The third-order valence-corrected chi connectivity index (χ3v) is 2.71. The predicted octanol–water partition coefficient (Wildman–Crippen LogP) is 2.42. The molecule has 0 aromatic heterocycles. The summed E-state index contributed by atoms with van der Waals surface area (Å²) in [5.74, 6) is 0.229. The van der Waals surface area contributed by atoms with Crippen LogP contribution < -0.4 is 10.2 Å². The van der Waals surface area contributed by atoms with Crippen molar-refractivity contribution in [1.82, 2.24) is 10.4 Å². The third kappa shape index (κ3) is 3.69. The number of hydrogen-bond acceptors (Lipinski definition) is 5. The summed E-state index contributed by atoms with van der Waals surface area (Å²) in [5.41, 5.74) is 4.61. The summed E-state index contributed by atoms with van der Waals surface area (Å²) in [6, 6.07) is 4.70. The molecule has 0 radical (unpaired) electrons. The number of methoxy groups -OCH3 is 1.